The van der Waals surface area contributed by atoms with Crippen LogP contribution in [0.5, 0.6) is 0 Å². The molecule has 0 unspecified atom stereocenters. The molecular weight excluding hydrogens is 717 g/mol. The third-order valence-electron chi connectivity index (χ3n) is 13.5. The summed E-state index contributed by atoms with van der Waals surface area (Å²) in [7, 11) is 0. The van der Waals surface area contributed by atoms with Crippen molar-refractivity contribution in [1.29, 1.82) is 0 Å². The van der Waals surface area contributed by atoms with Gasteiger partial charge in [-0.1, -0.05) is 133 Å². The first-order valence-electron chi connectivity index (χ1n) is 20.4. The summed E-state index contributed by atoms with van der Waals surface area (Å²) in [6, 6.07) is 64.9. The lowest BCUT2D eigenvalue weighted by atomic mass is 9.96. The second kappa shape index (κ2) is 10.5. The first-order valence-corrected chi connectivity index (χ1v) is 20.4. The van der Waals surface area contributed by atoms with Gasteiger partial charge in [-0.2, -0.15) is 0 Å². The van der Waals surface area contributed by atoms with Gasteiger partial charge in [0.15, 0.2) is 0 Å². The fraction of sp³-hybridized carbons (Fsp3) is 0. The Balaban J connectivity index is 1.11. The van der Waals surface area contributed by atoms with E-state index in [1.807, 2.05) is 0 Å². The normalized spacial score (nSPS) is 12.7. The van der Waals surface area contributed by atoms with E-state index in [4.69, 9.17) is 4.98 Å². The Labute approximate surface area is 335 Å². The zero-order valence-corrected chi connectivity index (χ0v) is 31.6. The first-order chi connectivity index (χ1) is 29.3. The maximum atomic E-state index is 5.46. The second-order valence-corrected chi connectivity index (χ2v) is 16.3. The minimum atomic E-state index is 1.01. The zero-order valence-electron chi connectivity index (χ0n) is 31.6. The lowest BCUT2D eigenvalue weighted by Gasteiger charge is -2.09. The molecule has 4 heteroatoms. The molecule has 6 heterocycles. The molecule has 0 atom stereocenters. The van der Waals surface area contributed by atoms with Crippen LogP contribution in [0.25, 0.3) is 136 Å². The van der Waals surface area contributed by atoms with Crippen molar-refractivity contribution in [2.75, 3.05) is 0 Å². The van der Waals surface area contributed by atoms with Crippen molar-refractivity contribution in [1.82, 2.24) is 18.4 Å². The van der Waals surface area contributed by atoms with Gasteiger partial charge in [0.25, 0.3) is 0 Å². The van der Waals surface area contributed by atoms with Crippen LogP contribution in [0, 0.1) is 0 Å². The third-order valence-corrected chi connectivity index (χ3v) is 13.5. The van der Waals surface area contributed by atoms with Gasteiger partial charge in [0.05, 0.1) is 44.8 Å². The Kier molecular flexibility index (Phi) is 5.38. The van der Waals surface area contributed by atoms with Crippen molar-refractivity contribution >= 4 is 120 Å². The first kappa shape index (κ1) is 30.2. The molecule has 15 aromatic rings. The summed E-state index contributed by atoms with van der Waals surface area (Å²) in [5, 5.41) is 17.7. The minimum Gasteiger partial charge on any atom is -0.309 e. The molecule has 0 saturated carbocycles. The maximum Gasteiger partial charge on any atom is 0.146 e. The molecule has 4 nitrogen and oxygen atoms in total. The maximum absolute atomic E-state index is 5.46. The highest BCUT2D eigenvalue weighted by molar-refractivity contribution is 6.40. The predicted octanol–water partition coefficient (Wildman–Crippen LogP) is 14.5. The van der Waals surface area contributed by atoms with Crippen LogP contribution in [0.3, 0.4) is 0 Å². The summed E-state index contributed by atoms with van der Waals surface area (Å²) < 4.78 is 7.37. The lowest BCUT2D eigenvalue weighted by Crippen LogP contribution is -1.93. The molecule has 9 aromatic carbocycles. The van der Waals surface area contributed by atoms with Crippen LogP contribution in [-0.4, -0.2) is 18.4 Å². The van der Waals surface area contributed by atoms with Crippen LogP contribution in [0.4, 0.5) is 0 Å². The van der Waals surface area contributed by atoms with Crippen molar-refractivity contribution in [2.24, 2.45) is 0 Å². The van der Waals surface area contributed by atoms with Crippen molar-refractivity contribution in [3.63, 3.8) is 0 Å². The standard InChI is InChI=1S/C55H30N4/c1-2-14-34(15-3-1)57-44-23-9-8-18-38(44)42-28-33(25-26-45(42)57)37-19-10-20-39-43-29-32-13-5-7-17-36(32)49-51-47(58(52(37)39)54(43)49)30-56-55-50(51)41-22-11-21-40-48-35-16-6-4-12-31(35)24-27-46(48)59(55)53(40)41/h1-30H. The molecule has 0 aliphatic carbocycles. The summed E-state index contributed by atoms with van der Waals surface area (Å²) >= 11 is 0. The van der Waals surface area contributed by atoms with Gasteiger partial charge in [0.1, 0.15) is 5.65 Å². The number of hydrogen-bond acceptors (Lipinski definition) is 1. The number of pyridine rings is 1. The van der Waals surface area contributed by atoms with Crippen LogP contribution >= 0.6 is 0 Å². The minimum absolute atomic E-state index is 1.01. The van der Waals surface area contributed by atoms with E-state index < -0.39 is 0 Å². The SMILES string of the molecule is c1ccc(-n2c3ccccc3c3cc(-c4cccc5c6cc7ccccc7c7c8c9c%10cccc%11c%12c%13ccccc%13ccc%12n(c9ncc8n(c45)c67)c%11%10)ccc32)cc1. The Bertz CT molecular complexity index is 4300. The van der Waals surface area contributed by atoms with E-state index in [1.54, 1.807) is 0 Å². The number of rotatable bonds is 2. The molecule has 0 saturated heterocycles. The molecule has 270 valence electrons. The van der Waals surface area contributed by atoms with Gasteiger partial charge in [-0.25, -0.2) is 4.98 Å². The van der Waals surface area contributed by atoms with Crippen molar-refractivity contribution in [3.05, 3.63) is 182 Å². The van der Waals surface area contributed by atoms with Crippen LogP contribution in [-0.2, 0) is 0 Å². The zero-order chi connectivity index (χ0) is 38.1. The molecule has 0 aliphatic heterocycles. The van der Waals surface area contributed by atoms with E-state index in [-0.39, 0.29) is 0 Å². The number of nitrogens with zero attached hydrogens (tertiary/aromatic N) is 4. The van der Waals surface area contributed by atoms with Gasteiger partial charge in [0.2, 0.25) is 0 Å². The average Bonchev–Trinajstić information content (AvgIpc) is 4.09. The van der Waals surface area contributed by atoms with Crippen LogP contribution < -0.4 is 0 Å². The summed E-state index contributed by atoms with van der Waals surface area (Å²) in [5.74, 6) is 0. The summed E-state index contributed by atoms with van der Waals surface area (Å²) in [4.78, 5) is 5.46. The van der Waals surface area contributed by atoms with E-state index in [0.717, 1.165) is 11.2 Å². The van der Waals surface area contributed by atoms with E-state index >= 15 is 0 Å². The van der Waals surface area contributed by atoms with Crippen molar-refractivity contribution < 1.29 is 0 Å². The van der Waals surface area contributed by atoms with Crippen molar-refractivity contribution in [2.45, 2.75) is 0 Å². The summed E-state index contributed by atoms with van der Waals surface area (Å²) in [6.07, 6.45) is 2.15. The van der Waals surface area contributed by atoms with Crippen LogP contribution in [0.1, 0.15) is 0 Å². The number of fused-ring (bicyclic) bond motifs is 20. The van der Waals surface area contributed by atoms with Gasteiger partial charge in [-0.05, 0) is 69.6 Å². The Hall–Kier alpha value is -7.95. The van der Waals surface area contributed by atoms with Gasteiger partial charge < -0.3 is 8.97 Å². The van der Waals surface area contributed by atoms with E-state index in [9.17, 15) is 0 Å². The Morgan fingerprint density at radius 1 is 0.339 bits per heavy atom. The van der Waals surface area contributed by atoms with Gasteiger partial charge in [-0.15, -0.1) is 0 Å². The van der Waals surface area contributed by atoms with Crippen molar-refractivity contribution in [3.8, 4) is 16.8 Å². The van der Waals surface area contributed by atoms with Crippen LogP contribution in [0.15, 0.2) is 182 Å². The highest BCUT2D eigenvalue weighted by Crippen LogP contribution is 2.50. The molecule has 0 radical (unpaired) electrons. The van der Waals surface area contributed by atoms with E-state index in [1.165, 1.54) is 125 Å². The fourth-order valence-electron chi connectivity index (χ4n) is 11.2. The summed E-state index contributed by atoms with van der Waals surface area (Å²) in [5.41, 5.74) is 13.1. The Morgan fingerprint density at radius 3 is 1.90 bits per heavy atom. The topological polar surface area (TPSA) is 26.6 Å². The average molecular weight is 747 g/mol. The molecule has 0 bridgehead atoms. The molecule has 0 aliphatic rings. The van der Waals surface area contributed by atoms with Gasteiger partial charge in [-0.3, -0.25) is 4.40 Å². The molecule has 59 heavy (non-hydrogen) atoms. The predicted molar refractivity (Wildman–Crippen MR) is 248 cm³/mol. The number of aromatic nitrogens is 4. The lowest BCUT2D eigenvalue weighted by molar-refractivity contribution is 1.18. The molecule has 0 spiro atoms. The highest BCUT2D eigenvalue weighted by Gasteiger charge is 2.27. The van der Waals surface area contributed by atoms with Gasteiger partial charge >= 0.3 is 0 Å². The molecule has 0 fully saturated rings. The van der Waals surface area contributed by atoms with E-state index in [2.05, 4.69) is 195 Å². The highest BCUT2D eigenvalue weighted by atomic mass is 15.0. The number of benzene rings is 9. The Morgan fingerprint density at radius 2 is 1.02 bits per heavy atom. The largest absolute Gasteiger partial charge is 0.309 e. The molecule has 0 amide bonds. The monoisotopic (exact) mass is 746 g/mol. The molecule has 0 N–H and O–H groups in total. The molecule has 6 aromatic heterocycles. The fourth-order valence-corrected chi connectivity index (χ4v) is 11.2. The molecule has 15 rings (SSSR count). The number of para-hydroxylation sites is 4. The third kappa shape index (κ3) is 3.56. The quantitative estimate of drug-likeness (QED) is 0.173. The smallest absolute Gasteiger partial charge is 0.146 e. The van der Waals surface area contributed by atoms with Crippen LogP contribution in [0.2, 0.25) is 0 Å². The van der Waals surface area contributed by atoms with E-state index in [0.29, 0.717) is 0 Å². The van der Waals surface area contributed by atoms with Gasteiger partial charge in [0, 0.05) is 65.1 Å². The summed E-state index contributed by atoms with van der Waals surface area (Å²) in [6.45, 7) is 0. The number of hydrogen-bond donors (Lipinski definition) is 0. The second-order valence-electron chi connectivity index (χ2n) is 16.3. The molecular formula is C55H30N4.